The van der Waals surface area contributed by atoms with Crippen molar-refractivity contribution in [2.45, 2.75) is 19.9 Å². The van der Waals surface area contributed by atoms with Crippen LogP contribution >= 0.6 is 0 Å². The molecule has 1 aliphatic heterocycles. The fraction of sp³-hybridized carbons (Fsp3) is 0.350. The van der Waals surface area contributed by atoms with Crippen molar-refractivity contribution in [3.8, 4) is 0 Å². The Balaban J connectivity index is 1.88. The first kappa shape index (κ1) is 16.5. The summed E-state index contributed by atoms with van der Waals surface area (Å²) < 4.78 is 5.37. The molecule has 2 aromatic rings. The molecule has 3 rings (SSSR count). The average Bonchev–Trinajstić information content (AvgIpc) is 2.62. The maximum Gasteiger partial charge on any atom is 0.249 e. The molecular formula is C20H24N2O2. The maximum atomic E-state index is 13.1. The zero-order valence-corrected chi connectivity index (χ0v) is 14.3. The van der Waals surface area contributed by atoms with E-state index < -0.39 is 0 Å². The monoisotopic (exact) mass is 324 g/mol. The third-order valence-electron chi connectivity index (χ3n) is 4.38. The van der Waals surface area contributed by atoms with Gasteiger partial charge in [-0.25, -0.2) is 0 Å². The van der Waals surface area contributed by atoms with Crippen molar-refractivity contribution in [1.82, 2.24) is 4.90 Å². The number of carbonyl (C=O) groups is 1. The third kappa shape index (κ3) is 3.77. The van der Waals surface area contributed by atoms with E-state index in [2.05, 4.69) is 31.3 Å². The van der Waals surface area contributed by atoms with Gasteiger partial charge in [0, 0.05) is 18.8 Å². The highest BCUT2D eigenvalue weighted by atomic mass is 16.5. The van der Waals surface area contributed by atoms with Crippen LogP contribution in [0.3, 0.4) is 0 Å². The van der Waals surface area contributed by atoms with Crippen molar-refractivity contribution in [3.63, 3.8) is 0 Å². The highest BCUT2D eigenvalue weighted by Crippen LogP contribution is 2.25. The topological polar surface area (TPSA) is 41.6 Å². The number of anilines is 1. The lowest BCUT2D eigenvalue weighted by Gasteiger charge is -2.31. The highest BCUT2D eigenvalue weighted by molar-refractivity contribution is 5.86. The lowest BCUT2D eigenvalue weighted by atomic mass is 10.0. The summed E-state index contributed by atoms with van der Waals surface area (Å²) in [5.41, 5.74) is 4.34. The molecule has 1 heterocycles. The van der Waals surface area contributed by atoms with Gasteiger partial charge in [-0.3, -0.25) is 4.79 Å². The van der Waals surface area contributed by atoms with Crippen LogP contribution in [0.15, 0.2) is 48.5 Å². The number of carbonyl (C=O) groups excluding carboxylic acids is 1. The smallest absolute Gasteiger partial charge is 0.249 e. The van der Waals surface area contributed by atoms with Crippen LogP contribution in [-0.4, -0.2) is 37.1 Å². The molecular weight excluding hydrogens is 300 g/mol. The van der Waals surface area contributed by atoms with Gasteiger partial charge in [0.15, 0.2) is 0 Å². The van der Waals surface area contributed by atoms with E-state index in [4.69, 9.17) is 4.74 Å². The van der Waals surface area contributed by atoms with Crippen LogP contribution in [0.2, 0.25) is 0 Å². The third-order valence-corrected chi connectivity index (χ3v) is 4.38. The summed E-state index contributed by atoms with van der Waals surface area (Å²) >= 11 is 0. The van der Waals surface area contributed by atoms with Crippen molar-refractivity contribution in [2.75, 3.05) is 31.6 Å². The van der Waals surface area contributed by atoms with E-state index in [0.29, 0.717) is 26.3 Å². The van der Waals surface area contributed by atoms with Gasteiger partial charge in [0.05, 0.1) is 13.2 Å². The summed E-state index contributed by atoms with van der Waals surface area (Å²) in [6.45, 7) is 6.65. The summed E-state index contributed by atoms with van der Waals surface area (Å²) in [4.78, 5) is 15.0. The number of aryl methyl sites for hydroxylation is 2. The van der Waals surface area contributed by atoms with Crippen LogP contribution in [0.1, 0.15) is 22.7 Å². The molecule has 24 heavy (non-hydrogen) atoms. The van der Waals surface area contributed by atoms with Gasteiger partial charge in [0.2, 0.25) is 5.91 Å². The van der Waals surface area contributed by atoms with Crippen LogP contribution in [0.25, 0.3) is 0 Å². The second-order valence-corrected chi connectivity index (χ2v) is 6.24. The van der Waals surface area contributed by atoms with Gasteiger partial charge >= 0.3 is 0 Å². The minimum atomic E-state index is -0.384. The molecule has 0 radical (unpaired) electrons. The van der Waals surface area contributed by atoms with E-state index in [1.54, 1.807) is 0 Å². The Bertz CT molecular complexity index is 694. The van der Waals surface area contributed by atoms with Crippen LogP contribution in [0, 0.1) is 13.8 Å². The van der Waals surface area contributed by atoms with Crippen LogP contribution < -0.4 is 5.32 Å². The summed E-state index contributed by atoms with van der Waals surface area (Å²) in [5.74, 6) is 0.101. The molecule has 0 unspecified atom stereocenters. The molecule has 1 amide bonds. The number of hydrogen-bond acceptors (Lipinski definition) is 3. The van der Waals surface area contributed by atoms with Crippen LogP contribution in [0.5, 0.6) is 0 Å². The van der Waals surface area contributed by atoms with Crippen LogP contribution in [0.4, 0.5) is 5.69 Å². The van der Waals surface area contributed by atoms with Crippen molar-refractivity contribution in [3.05, 3.63) is 65.2 Å². The Kier molecular flexibility index (Phi) is 5.16. The molecule has 4 heteroatoms. The molecule has 1 N–H and O–H groups in total. The summed E-state index contributed by atoms with van der Waals surface area (Å²) in [6.07, 6.45) is 0. The number of amides is 1. The summed E-state index contributed by atoms with van der Waals surface area (Å²) in [6, 6.07) is 15.8. The van der Waals surface area contributed by atoms with E-state index >= 15 is 0 Å². The zero-order valence-electron chi connectivity index (χ0n) is 14.3. The Labute approximate surface area is 143 Å². The number of rotatable bonds is 4. The molecule has 1 atom stereocenters. The predicted octanol–water partition coefficient (Wildman–Crippen LogP) is 3.32. The molecule has 4 nitrogen and oxygen atoms in total. The fourth-order valence-electron chi connectivity index (χ4n) is 3.03. The van der Waals surface area contributed by atoms with Crippen molar-refractivity contribution < 1.29 is 9.53 Å². The lowest BCUT2D eigenvalue weighted by Crippen LogP contribution is -2.44. The Morgan fingerprint density at radius 1 is 1.08 bits per heavy atom. The van der Waals surface area contributed by atoms with E-state index in [9.17, 15) is 4.79 Å². The largest absolute Gasteiger partial charge is 0.378 e. The first-order valence-corrected chi connectivity index (χ1v) is 8.40. The van der Waals surface area contributed by atoms with E-state index in [0.717, 1.165) is 16.8 Å². The Hall–Kier alpha value is -2.33. The molecule has 1 aliphatic rings. The standard InChI is InChI=1S/C20H24N2O2/c1-15-8-9-18(16(2)14-15)21-19(17-6-4-3-5-7-17)20(23)22-10-12-24-13-11-22/h3-9,14,19,21H,10-13H2,1-2H3/t19-/m0/s1. The van der Waals surface area contributed by atoms with E-state index in [1.807, 2.05) is 41.3 Å². The van der Waals surface area contributed by atoms with E-state index in [-0.39, 0.29) is 11.9 Å². The number of ether oxygens (including phenoxy) is 1. The molecule has 0 saturated carbocycles. The minimum absolute atomic E-state index is 0.101. The molecule has 0 bridgehead atoms. The molecule has 1 saturated heterocycles. The minimum Gasteiger partial charge on any atom is -0.378 e. The van der Waals surface area contributed by atoms with Gasteiger partial charge in [0.1, 0.15) is 6.04 Å². The number of benzene rings is 2. The molecule has 2 aromatic carbocycles. The first-order valence-electron chi connectivity index (χ1n) is 8.40. The normalized spacial score (nSPS) is 15.8. The van der Waals surface area contributed by atoms with Crippen molar-refractivity contribution in [2.24, 2.45) is 0 Å². The second-order valence-electron chi connectivity index (χ2n) is 6.24. The van der Waals surface area contributed by atoms with Crippen molar-refractivity contribution in [1.29, 1.82) is 0 Å². The van der Waals surface area contributed by atoms with Gasteiger partial charge in [-0.1, -0.05) is 48.0 Å². The maximum absolute atomic E-state index is 13.1. The van der Waals surface area contributed by atoms with E-state index in [1.165, 1.54) is 5.56 Å². The quantitative estimate of drug-likeness (QED) is 0.938. The fourth-order valence-corrected chi connectivity index (χ4v) is 3.03. The average molecular weight is 324 g/mol. The Morgan fingerprint density at radius 2 is 1.79 bits per heavy atom. The van der Waals surface area contributed by atoms with Gasteiger partial charge in [-0.05, 0) is 31.0 Å². The molecule has 0 aromatic heterocycles. The molecule has 1 fully saturated rings. The van der Waals surface area contributed by atoms with Crippen LogP contribution in [-0.2, 0) is 9.53 Å². The summed E-state index contributed by atoms with van der Waals surface area (Å²) in [5, 5.41) is 3.46. The number of morpholine rings is 1. The molecule has 0 aliphatic carbocycles. The van der Waals surface area contributed by atoms with Gasteiger partial charge < -0.3 is 15.0 Å². The number of hydrogen-bond donors (Lipinski definition) is 1. The SMILES string of the molecule is Cc1ccc(N[C@H](C(=O)N2CCOCC2)c2ccccc2)c(C)c1. The lowest BCUT2D eigenvalue weighted by molar-refractivity contribution is -0.136. The first-order chi connectivity index (χ1) is 11.6. The van der Waals surface area contributed by atoms with Gasteiger partial charge in [-0.15, -0.1) is 0 Å². The molecule has 126 valence electrons. The molecule has 0 spiro atoms. The van der Waals surface area contributed by atoms with Crippen molar-refractivity contribution >= 4 is 11.6 Å². The number of nitrogens with zero attached hydrogens (tertiary/aromatic N) is 1. The zero-order chi connectivity index (χ0) is 16.9. The number of nitrogens with one attached hydrogen (secondary N) is 1. The second kappa shape index (κ2) is 7.49. The van der Waals surface area contributed by atoms with Gasteiger partial charge in [-0.2, -0.15) is 0 Å². The predicted molar refractivity (Wildman–Crippen MR) is 96.1 cm³/mol. The summed E-state index contributed by atoms with van der Waals surface area (Å²) in [7, 11) is 0. The van der Waals surface area contributed by atoms with Gasteiger partial charge in [0.25, 0.3) is 0 Å². The highest BCUT2D eigenvalue weighted by Gasteiger charge is 2.27. The Morgan fingerprint density at radius 3 is 2.46 bits per heavy atom.